The van der Waals surface area contributed by atoms with Crippen LogP contribution in [0.5, 0.6) is 0 Å². The summed E-state index contributed by atoms with van der Waals surface area (Å²) in [6.45, 7) is 1.96. The average Bonchev–Trinajstić information content (AvgIpc) is 3.24. The smallest absolute Gasteiger partial charge is 0.214 e. The molecule has 0 amide bonds. The van der Waals surface area contributed by atoms with Crippen LogP contribution in [0, 0.1) is 11.6 Å². The van der Waals surface area contributed by atoms with Crippen LogP contribution in [-0.4, -0.2) is 59.9 Å². The molecule has 3 heterocycles. The van der Waals surface area contributed by atoms with Crippen molar-refractivity contribution in [1.29, 1.82) is 0 Å². The maximum atomic E-state index is 14.0. The zero-order chi connectivity index (χ0) is 26.4. The van der Waals surface area contributed by atoms with Crippen molar-refractivity contribution in [2.24, 2.45) is 0 Å². The molecule has 3 aromatic rings. The molecular formula is C24H28F2N6O3S2. The van der Waals surface area contributed by atoms with Crippen LogP contribution in [0.15, 0.2) is 42.7 Å². The monoisotopic (exact) mass is 550 g/mol. The summed E-state index contributed by atoms with van der Waals surface area (Å²) in [5, 5.41) is 6.76. The Hall–Kier alpha value is -3.00. The lowest BCUT2D eigenvalue weighted by Gasteiger charge is -2.31. The van der Waals surface area contributed by atoms with Crippen LogP contribution in [-0.2, 0) is 16.6 Å². The van der Waals surface area contributed by atoms with E-state index in [9.17, 15) is 22.0 Å². The van der Waals surface area contributed by atoms with E-state index in [0.29, 0.717) is 50.6 Å². The Balaban J connectivity index is 1.25. The summed E-state index contributed by atoms with van der Waals surface area (Å²) in [5.41, 5.74) is 6.28. The van der Waals surface area contributed by atoms with E-state index < -0.39 is 33.0 Å². The Morgan fingerprint density at radius 2 is 1.81 bits per heavy atom. The van der Waals surface area contributed by atoms with Gasteiger partial charge in [0.25, 0.3) is 0 Å². The van der Waals surface area contributed by atoms with Crippen molar-refractivity contribution in [3.05, 3.63) is 70.4 Å². The molecule has 1 aliphatic heterocycles. The predicted molar refractivity (Wildman–Crippen MR) is 139 cm³/mol. The highest BCUT2D eigenvalue weighted by Gasteiger charge is 2.29. The van der Waals surface area contributed by atoms with Crippen LogP contribution in [0.1, 0.15) is 40.1 Å². The Bertz CT molecular complexity index is 1310. The quantitative estimate of drug-likeness (QED) is 0.245. The highest BCUT2D eigenvalue weighted by Crippen LogP contribution is 2.30. The number of hydrogen-bond acceptors (Lipinski definition) is 9. The predicted octanol–water partition coefficient (Wildman–Crippen LogP) is 3.02. The van der Waals surface area contributed by atoms with E-state index in [1.807, 2.05) is 12.1 Å². The average molecular weight is 551 g/mol. The number of nitrogen functional groups attached to an aromatic ring is 1. The van der Waals surface area contributed by atoms with Crippen LogP contribution < -0.4 is 16.4 Å². The summed E-state index contributed by atoms with van der Waals surface area (Å²) in [7, 11) is -3.37. The van der Waals surface area contributed by atoms with Gasteiger partial charge in [-0.1, -0.05) is 17.4 Å². The number of anilines is 2. The number of rotatable bonds is 11. The number of sulfonamides is 1. The maximum Gasteiger partial charge on any atom is 0.214 e. The second kappa shape index (κ2) is 12.0. The van der Waals surface area contributed by atoms with Crippen LogP contribution in [0.2, 0.25) is 0 Å². The third-order valence-corrected chi connectivity index (χ3v) is 9.02. The molecule has 1 aromatic carbocycles. The van der Waals surface area contributed by atoms with Gasteiger partial charge in [0.1, 0.15) is 22.3 Å². The van der Waals surface area contributed by atoms with Gasteiger partial charge >= 0.3 is 0 Å². The van der Waals surface area contributed by atoms with Gasteiger partial charge in [0.05, 0.1) is 11.3 Å². The van der Waals surface area contributed by atoms with Gasteiger partial charge in [0.2, 0.25) is 15.8 Å². The lowest BCUT2D eigenvalue weighted by atomic mass is 10.1. The van der Waals surface area contributed by atoms with E-state index >= 15 is 0 Å². The zero-order valence-electron chi connectivity index (χ0n) is 20.0. The molecule has 0 aliphatic carbocycles. The summed E-state index contributed by atoms with van der Waals surface area (Å²) in [4.78, 5) is 20.7. The van der Waals surface area contributed by atoms with Gasteiger partial charge in [-0.2, -0.15) is 0 Å². The number of hydrogen-bond donors (Lipinski definition) is 3. The minimum absolute atomic E-state index is 0.0518. The van der Waals surface area contributed by atoms with Crippen LogP contribution in [0.25, 0.3) is 0 Å². The fourth-order valence-electron chi connectivity index (χ4n) is 4.08. The summed E-state index contributed by atoms with van der Waals surface area (Å²) >= 11 is 0.922. The lowest BCUT2D eigenvalue weighted by molar-refractivity contribution is 0.103. The highest BCUT2D eigenvalue weighted by molar-refractivity contribution is 7.89. The molecule has 1 aliphatic rings. The Labute approximate surface area is 218 Å². The van der Waals surface area contributed by atoms with E-state index in [1.165, 1.54) is 10.4 Å². The first-order chi connectivity index (χ1) is 17.7. The van der Waals surface area contributed by atoms with E-state index in [-0.39, 0.29) is 22.5 Å². The summed E-state index contributed by atoms with van der Waals surface area (Å²) in [5.74, 6) is -2.85. The first-order valence-electron chi connectivity index (χ1n) is 11.8. The van der Waals surface area contributed by atoms with Crippen molar-refractivity contribution in [3.8, 4) is 0 Å². The Morgan fingerprint density at radius 1 is 1.14 bits per heavy atom. The molecule has 0 radical (unpaired) electrons. The van der Waals surface area contributed by atoms with Gasteiger partial charge < -0.3 is 16.4 Å². The molecule has 9 nitrogen and oxygen atoms in total. The fourth-order valence-corrected chi connectivity index (χ4v) is 6.52. The number of carbonyl (C=O) groups excluding carboxylic acids is 1. The van der Waals surface area contributed by atoms with Crippen LogP contribution in [0.3, 0.4) is 0 Å². The van der Waals surface area contributed by atoms with Crippen LogP contribution >= 0.6 is 11.3 Å². The lowest BCUT2D eigenvalue weighted by Crippen LogP contribution is -2.43. The molecule has 1 fully saturated rings. The van der Waals surface area contributed by atoms with Gasteiger partial charge in [-0.3, -0.25) is 9.78 Å². The number of ketones is 1. The van der Waals surface area contributed by atoms with E-state index in [0.717, 1.165) is 29.0 Å². The van der Waals surface area contributed by atoms with Crippen molar-refractivity contribution in [2.45, 2.75) is 31.8 Å². The zero-order valence-corrected chi connectivity index (χ0v) is 21.6. The Morgan fingerprint density at radius 3 is 2.49 bits per heavy atom. The first kappa shape index (κ1) is 27.0. The second-order valence-electron chi connectivity index (χ2n) is 8.68. The molecule has 0 bridgehead atoms. The van der Waals surface area contributed by atoms with Crippen molar-refractivity contribution in [3.63, 3.8) is 0 Å². The number of piperidine rings is 1. The minimum atomic E-state index is -3.37. The fraction of sp³-hybridized carbons (Fsp3) is 0.375. The molecule has 2 aromatic heterocycles. The van der Waals surface area contributed by atoms with Gasteiger partial charge in [-0.15, -0.1) is 0 Å². The van der Waals surface area contributed by atoms with Crippen molar-refractivity contribution in [1.82, 2.24) is 19.6 Å². The molecule has 0 saturated carbocycles. The highest BCUT2D eigenvalue weighted by atomic mass is 32.2. The maximum absolute atomic E-state index is 14.0. The largest absolute Gasteiger partial charge is 0.382 e. The SMILES string of the molecule is Nc1nc(NC2CCN(S(=O)(=O)CCCNCc3ccncc3)CC2)sc1C(=O)c1c(F)cccc1F. The number of benzene rings is 1. The number of thiazole rings is 1. The normalized spacial score (nSPS) is 15.1. The molecule has 1 saturated heterocycles. The van der Waals surface area contributed by atoms with E-state index in [1.54, 1.807) is 12.4 Å². The number of aromatic nitrogens is 2. The first-order valence-corrected chi connectivity index (χ1v) is 14.3. The summed E-state index contributed by atoms with van der Waals surface area (Å²) in [6, 6.07) is 6.93. The topological polar surface area (TPSA) is 130 Å². The molecular weight excluding hydrogens is 522 g/mol. The molecule has 13 heteroatoms. The van der Waals surface area contributed by atoms with Crippen molar-refractivity contribution in [2.75, 3.05) is 36.4 Å². The number of nitrogens with one attached hydrogen (secondary N) is 2. The molecule has 198 valence electrons. The van der Waals surface area contributed by atoms with E-state index in [2.05, 4.69) is 20.6 Å². The molecule has 0 spiro atoms. The van der Waals surface area contributed by atoms with Gasteiger partial charge in [0.15, 0.2) is 5.13 Å². The Kier molecular flexibility index (Phi) is 8.79. The number of halogens is 2. The third kappa shape index (κ3) is 6.86. The number of carbonyl (C=O) groups is 1. The van der Waals surface area contributed by atoms with Crippen LogP contribution in [0.4, 0.5) is 19.7 Å². The molecule has 4 N–H and O–H groups in total. The van der Waals surface area contributed by atoms with E-state index in [4.69, 9.17) is 5.73 Å². The van der Waals surface area contributed by atoms with Crippen molar-refractivity contribution < 1.29 is 22.0 Å². The number of pyridine rings is 1. The number of nitrogens with two attached hydrogens (primary N) is 1. The summed E-state index contributed by atoms with van der Waals surface area (Å²) in [6.07, 6.45) is 5.03. The third-order valence-electron chi connectivity index (χ3n) is 6.06. The molecule has 37 heavy (non-hydrogen) atoms. The molecule has 0 atom stereocenters. The van der Waals surface area contributed by atoms with Gasteiger partial charge in [-0.25, -0.2) is 26.5 Å². The molecule has 0 unspecified atom stereocenters. The second-order valence-corrected chi connectivity index (χ2v) is 11.8. The number of nitrogens with zero attached hydrogens (tertiary/aromatic N) is 3. The van der Waals surface area contributed by atoms with Gasteiger partial charge in [0, 0.05) is 38.1 Å². The van der Waals surface area contributed by atoms with Gasteiger partial charge in [-0.05, 0) is 55.6 Å². The van der Waals surface area contributed by atoms with Crippen molar-refractivity contribution >= 4 is 38.1 Å². The molecule has 4 rings (SSSR count). The standard InChI is InChI=1S/C24H28F2N6O3S2/c25-18-3-1-4-19(26)20(18)21(33)22-23(27)31-24(36-22)30-17-7-12-32(13-8-17)37(34,35)14-2-9-29-15-16-5-10-28-11-6-16/h1,3-6,10-11,17,29H,2,7-9,12-15,27H2,(H,30,31). The summed E-state index contributed by atoms with van der Waals surface area (Å²) < 4.78 is 55.0. The minimum Gasteiger partial charge on any atom is -0.382 e.